The standard InChI is InChI=1S/C17H16Cl2N2OS/c1-2-10-21(16(22)11-6-5-7-12(18)15(11)19)17-20-13-8-3-4-9-14(13)23-17/h2,5-7H,1,3-4,8-10H2. The lowest BCUT2D eigenvalue weighted by Gasteiger charge is -2.19. The molecule has 0 aliphatic heterocycles. The van der Waals surface area contributed by atoms with E-state index in [1.165, 1.54) is 11.3 Å². The van der Waals surface area contributed by atoms with E-state index in [1.54, 1.807) is 40.5 Å². The molecule has 3 rings (SSSR count). The van der Waals surface area contributed by atoms with E-state index in [2.05, 4.69) is 11.6 Å². The van der Waals surface area contributed by atoms with Gasteiger partial charge in [0.15, 0.2) is 5.13 Å². The number of nitrogens with zero attached hydrogens (tertiary/aromatic N) is 2. The number of amides is 1. The number of halogens is 2. The molecule has 23 heavy (non-hydrogen) atoms. The summed E-state index contributed by atoms with van der Waals surface area (Å²) in [5, 5.41) is 1.35. The van der Waals surface area contributed by atoms with Crippen LogP contribution < -0.4 is 4.90 Å². The molecule has 1 aromatic carbocycles. The molecule has 1 aliphatic rings. The molecule has 0 saturated carbocycles. The minimum atomic E-state index is -0.205. The van der Waals surface area contributed by atoms with Gasteiger partial charge in [0.2, 0.25) is 0 Å². The van der Waals surface area contributed by atoms with Crippen molar-refractivity contribution >= 4 is 45.6 Å². The van der Waals surface area contributed by atoms with Crippen LogP contribution in [0, 0.1) is 0 Å². The molecule has 0 atom stereocenters. The lowest BCUT2D eigenvalue weighted by atomic mass is 10.0. The van der Waals surface area contributed by atoms with Gasteiger partial charge in [-0.25, -0.2) is 4.98 Å². The number of aromatic nitrogens is 1. The molecule has 0 radical (unpaired) electrons. The summed E-state index contributed by atoms with van der Waals surface area (Å²) in [5.41, 5.74) is 1.50. The van der Waals surface area contributed by atoms with E-state index in [9.17, 15) is 4.79 Å². The molecule has 0 saturated heterocycles. The van der Waals surface area contributed by atoms with Gasteiger partial charge in [-0.2, -0.15) is 0 Å². The van der Waals surface area contributed by atoms with E-state index < -0.39 is 0 Å². The number of aryl methyl sites for hydroxylation is 2. The largest absolute Gasteiger partial charge is 0.280 e. The van der Waals surface area contributed by atoms with Crippen molar-refractivity contribution in [2.45, 2.75) is 25.7 Å². The Balaban J connectivity index is 1.98. The normalized spacial score (nSPS) is 13.5. The number of carbonyl (C=O) groups is 1. The minimum Gasteiger partial charge on any atom is -0.280 e. The third-order valence-corrected chi connectivity index (χ3v) is 5.80. The number of carbonyl (C=O) groups excluding carboxylic acids is 1. The highest BCUT2D eigenvalue weighted by atomic mass is 35.5. The van der Waals surface area contributed by atoms with Gasteiger partial charge in [0.25, 0.3) is 5.91 Å². The summed E-state index contributed by atoms with van der Waals surface area (Å²) in [4.78, 5) is 20.5. The highest BCUT2D eigenvalue weighted by molar-refractivity contribution is 7.16. The van der Waals surface area contributed by atoms with Crippen LogP contribution in [0.4, 0.5) is 5.13 Å². The van der Waals surface area contributed by atoms with Gasteiger partial charge < -0.3 is 0 Å². The molecule has 1 heterocycles. The minimum absolute atomic E-state index is 0.205. The Kier molecular flexibility index (Phi) is 5.05. The quantitative estimate of drug-likeness (QED) is 0.699. The Morgan fingerprint density at radius 2 is 2.13 bits per heavy atom. The maximum atomic E-state index is 12.9. The van der Waals surface area contributed by atoms with E-state index in [0.29, 0.717) is 22.3 Å². The van der Waals surface area contributed by atoms with Crippen LogP contribution in [0.3, 0.4) is 0 Å². The topological polar surface area (TPSA) is 33.2 Å². The number of anilines is 1. The monoisotopic (exact) mass is 366 g/mol. The number of fused-ring (bicyclic) bond motifs is 1. The summed E-state index contributed by atoms with van der Waals surface area (Å²) in [6.07, 6.45) is 6.06. The third-order valence-electron chi connectivity index (χ3n) is 3.80. The van der Waals surface area contributed by atoms with Gasteiger partial charge in [0.05, 0.1) is 21.3 Å². The average molecular weight is 367 g/mol. The maximum absolute atomic E-state index is 12.9. The van der Waals surface area contributed by atoms with Crippen molar-refractivity contribution in [2.24, 2.45) is 0 Å². The zero-order valence-corrected chi connectivity index (χ0v) is 14.8. The lowest BCUT2D eigenvalue weighted by molar-refractivity contribution is 0.0990. The van der Waals surface area contributed by atoms with Crippen molar-refractivity contribution in [3.8, 4) is 0 Å². The first kappa shape index (κ1) is 16.5. The van der Waals surface area contributed by atoms with Crippen molar-refractivity contribution in [1.82, 2.24) is 4.98 Å². The van der Waals surface area contributed by atoms with Crippen molar-refractivity contribution in [2.75, 3.05) is 11.4 Å². The van der Waals surface area contributed by atoms with Crippen LogP contribution >= 0.6 is 34.5 Å². The van der Waals surface area contributed by atoms with E-state index in [0.717, 1.165) is 25.0 Å². The van der Waals surface area contributed by atoms with Crippen LogP contribution in [0.5, 0.6) is 0 Å². The molecular formula is C17H16Cl2N2OS. The summed E-state index contributed by atoms with van der Waals surface area (Å²) < 4.78 is 0. The number of thiazole rings is 1. The fourth-order valence-corrected chi connectivity index (χ4v) is 4.18. The van der Waals surface area contributed by atoms with Crippen LogP contribution in [0.1, 0.15) is 33.8 Å². The summed E-state index contributed by atoms with van der Waals surface area (Å²) in [7, 11) is 0. The number of benzene rings is 1. The summed E-state index contributed by atoms with van der Waals surface area (Å²) >= 11 is 13.8. The molecule has 2 aromatic rings. The fourth-order valence-electron chi connectivity index (χ4n) is 2.65. The fraction of sp³-hybridized carbons (Fsp3) is 0.294. The first-order valence-corrected chi connectivity index (χ1v) is 9.04. The zero-order chi connectivity index (χ0) is 16.4. The van der Waals surface area contributed by atoms with E-state index in [4.69, 9.17) is 23.2 Å². The van der Waals surface area contributed by atoms with Gasteiger partial charge in [0, 0.05) is 11.4 Å². The van der Waals surface area contributed by atoms with Crippen molar-refractivity contribution in [3.63, 3.8) is 0 Å². The Bertz CT molecular complexity index is 734. The van der Waals surface area contributed by atoms with Gasteiger partial charge in [-0.3, -0.25) is 9.69 Å². The third kappa shape index (κ3) is 3.30. The van der Waals surface area contributed by atoms with E-state index in [-0.39, 0.29) is 10.9 Å². The zero-order valence-electron chi connectivity index (χ0n) is 12.5. The first-order chi connectivity index (χ1) is 11.1. The highest BCUT2D eigenvalue weighted by Crippen LogP contribution is 2.34. The first-order valence-electron chi connectivity index (χ1n) is 7.47. The smallest absolute Gasteiger partial charge is 0.261 e. The SMILES string of the molecule is C=CCN(C(=O)c1cccc(Cl)c1Cl)c1nc2c(s1)CCCC2. The van der Waals surface area contributed by atoms with Gasteiger partial charge in [-0.15, -0.1) is 17.9 Å². The average Bonchev–Trinajstić information content (AvgIpc) is 2.98. The molecular weight excluding hydrogens is 351 g/mol. The second-order valence-corrected chi connectivity index (χ2v) is 7.23. The molecule has 6 heteroatoms. The summed E-state index contributed by atoms with van der Waals surface area (Å²) in [6, 6.07) is 5.07. The summed E-state index contributed by atoms with van der Waals surface area (Å²) in [5.74, 6) is -0.205. The van der Waals surface area contributed by atoms with Crippen molar-refractivity contribution in [1.29, 1.82) is 0 Å². The van der Waals surface area contributed by atoms with Crippen LogP contribution in [0.2, 0.25) is 10.0 Å². The van der Waals surface area contributed by atoms with Crippen LogP contribution in [-0.4, -0.2) is 17.4 Å². The second-order valence-electron chi connectivity index (χ2n) is 5.38. The van der Waals surface area contributed by atoms with Gasteiger partial charge in [-0.05, 0) is 37.8 Å². The highest BCUT2D eigenvalue weighted by Gasteiger charge is 2.25. The lowest BCUT2D eigenvalue weighted by Crippen LogP contribution is -2.31. The molecule has 0 spiro atoms. The van der Waals surface area contributed by atoms with Gasteiger partial charge in [-0.1, -0.05) is 35.3 Å². The molecule has 0 N–H and O–H groups in total. The van der Waals surface area contributed by atoms with Crippen molar-refractivity contribution < 1.29 is 4.79 Å². The predicted molar refractivity (Wildman–Crippen MR) is 97.1 cm³/mol. The second kappa shape index (κ2) is 7.04. The van der Waals surface area contributed by atoms with Crippen LogP contribution in [0.15, 0.2) is 30.9 Å². The van der Waals surface area contributed by atoms with Gasteiger partial charge >= 0.3 is 0 Å². The Hall–Kier alpha value is -1.36. The Morgan fingerprint density at radius 3 is 2.87 bits per heavy atom. The predicted octanol–water partition coefficient (Wildman–Crippen LogP) is 5.16. The molecule has 1 amide bonds. The maximum Gasteiger partial charge on any atom is 0.261 e. The Labute approximate surface area is 149 Å². The molecule has 0 unspecified atom stereocenters. The van der Waals surface area contributed by atoms with Crippen LogP contribution in [-0.2, 0) is 12.8 Å². The number of hydrogen-bond donors (Lipinski definition) is 0. The molecule has 1 aromatic heterocycles. The van der Waals surface area contributed by atoms with Gasteiger partial charge in [0.1, 0.15) is 0 Å². The molecule has 120 valence electrons. The van der Waals surface area contributed by atoms with Crippen molar-refractivity contribution in [3.05, 3.63) is 57.0 Å². The Morgan fingerprint density at radius 1 is 1.35 bits per heavy atom. The van der Waals surface area contributed by atoms with Crippen LogP contribution in [0.25, 0.3) is 0 Å². The summed E-state index contributed by atoms with van der Waals surface area (Å²) in [6.45, 7) is 4.13. The molecule has 0 fully saturated rings. The molecule has 1 aliphatic carbocycles. The number of hydrogen-bond acceptors (Lipinski definition) is 3. The molecule has 0 bridgehead atoms. The number of rotatable bonds is 4. The molecule has 3 nitrogen and oxygen atoms in total. The van der Waals surface area contributed by atoms with E-state index >= 15 is 0 Å². The van der Waals surface area contributed by atoms with E-state index in [1.807, 2.05) is 0 Å².